The van der Waals surface area contributed by atoms with Gasteiger partial charge in [-0.3, -0.25) is 0 Å². The summed E-state index contributed by atoms with van der Waals surface area (Å²) < 4.78 is 18.8. The lowest BCUT2D eigenvalue weighted by atomic mass is 10.3. The van der Waals surface area contributed by atoms with Crippen LogP contribution in [0.25, 0.3) is 0 Å². The normalized spacial score (nSPS) is 18.1. The Bertz CT molecular complexity index is 120. The smallest absolute Gasteiger partial charge is 0.156 e. The number of hydrogen-bond donors (Lipinski definition) is 1. The Morgan fingerprint density at radius 3 is 2.67 bits per heavy atom. The van der Waals surface area contributed by atoms with Crippen LogP contribution >= 0.6 is 0 Å². The van der Waals surface area contributed by atoms with Gasteiger partial charge in [-0.1, -0.05) is 12.2 Å². The Hall–Kier alpha value is -0.150. The van der Waals surface area contributed by atoms with Crippen molar-refractivity contribution in [3.8, 4) is 0 Å². The van der Waals surface area contributed by atoms with Gasteiger partial charge in [0.2, 0.25) is 0 Å². The highest BCUT2D eigenvalue weighted by Crippen LogP contribution is 1.98. The van der Waals surface area contributed by atoms with Crippen molar-refractivity contribution in [2.75, 3.05) is 0 Å². The van der Waals surface area contributed by atoms with Gasteiger partial charge in [0.15, 0.2) is 11.1 Å². The van der Waals surface area contributed by atoms with Crippen molar-refractivity contribution < 1.29 is 8.76 Å². The van der Waals surface area contributed by atoms with Crippen LogP contribution in [0.4, 0.5) is 0 Å². The van der Waals surface area contributed by atoms with Gasteiger partial charge in [0.05, 0.1) is 5.25 Å². The maximum atomic E-state index is 10.3. The summed E-state index contributed by atoms with van der Waals surface area (Å²) in [5.74, 6) is 0. The van der Waals surface area contributed by atoms with Crippen molar-refractivity contribution in [2.24, 2.45) is 0 Å². The van der Waals surface area contributed by atoms with Crippen LogP contribution in [0.15, 0.2) is 12.2 Å². The van der Waals surface area contributed by atoms with Crippen molar-refractivity contribution in [3.05, 3.63) is 12.2 Å². The van der Waals surface area contributed by atoms with Gasteiger partial charge >= 0.3 is 0 Å². The van der Waals surface area contributed by atoms with Crippen molar-refractivity contribution in [1.82, 2.24) is 0 Å². The summed E-state index contributed by atoms with van der Waals surface area (Å²) in [4.78, 5) is 0. The minimum absolute atomic E-state index is 0.138. The molecule has 0 radical (unpaired) electrons. The van der Waals surface area contributed by atoms with Crippen LogP contribution in [0, 0.1) is 0 Å². The molecule has 54 valence electrons. The van der Waals surface area contributed by atoms with E-state index in [1.54, 1.807) is 6.92 Å². The van der Waals surface area contributed by atoms with E-state index in [4.69, 9.17) is 4.55 Å². The molecule has 1 N–H and O–H groups in total. The van der Waals surface area contributed by atoms with Crippen LogP contribution in [0.3, 0.4) is 0 Å². The number of hydrogen-bond acceptors (Lipinski definition) is 1. The fraction of sp³-hybridized carbons (Fsp3) is 0.667. The van der Waals surface area contributed by atoms with E-state index in [-0.39, 0.29) is 5.25 Å². The Labute approximate surface area is 58.3 Å². The van der Waals surface area contributed by atoms with E-state index in [0.29, 0.717) is 6.42 Å². The minimum atomic E-state index is -1.66. The molecule has 9 heavy (non-hydrogen) atoms. The van der Waals surface area contributed by atoms with Crippen molar-refractivity contribution in [3.63, 3.8) is 0 Å². The summed E-state index contributed by atoms with van der Waals surface area (Å²) in [7, 11) is 0. The first-order valence-electron chi connectivity index (χ1n) is 2.89. The molecule has 0 spiro atoms. The Kier molecular flexibility index (Phi) is 4.62. The summed E-state index contributed by atoms with van der Waals surface area (Å²) in [5, 5.41) is -0.138. The maximum absolute atomic E-state index is 10.3. The molecule has 0 saturated heterocycles. The van der Waals surface area contributed by atoms with Gasteiger partial charge in [-0.2, -0.15) is 0 Å². The fourth-order valence-electron chi connectivity index (χ4n) is 0.410. The molecule has 0 rings (SSSR count). The molecule has 2 nitrogen and oxygen atoms in total. The first-order valence-corrected chi connectivity index (χ1v) is 4.06. The molecule has 0 aromatic carbocycles. The standard InChI is InChI=1S/C6H12O2S/c1-3-4-5-6(2)9(7)8/h3-4,6H,5H2,1-2H3,(H,7,8). The molecule has 2 atom stereocenters. The average molecular weight is 148 g/mol. The molecule has 0 aliphatic heterocycles. The third-order valence-electron chi connectivity index (χ3n) is 1.05. The molecule has 0 aliphatic rings. The number of rotatable bonds is 3. The van der Waals surface area contributed by atoms with E-state index in [2.05, 4.69) is 0 Å². The molecule has 0 amide bonds. The average Bonchev–Trinajstić information content (AvgIpc) is 1.82. The van der Waals surface area contributed by atoms with Crippen LogP contribution in [-0.4, -0.2) is 14.0 Å². The lowest BCUT2D eigenvalue weighted by Crippen LogP contribution is -2.07. The van der Waals surface area contributed by atoms with Crippen LogP contribution in [0.1, 0.15) is 20.3 Å². The first kappa shape index (κ1) is 8.85. The Morgan fingerprint density at radius 1 is 1.78 bits per heavy atom. The molecule has 0 aromatic heterocycles. The quantitative estimate of drug-likeness (QED) is 0.487. The van der Waals surface area contributed by atoms with Gasteiger partial charge in [-0.15, -0.1) is 0 Å². The zero-order valence-electron chi connectivity index (χ0n) is 5.70. The molecule has 0 heterocycles. The highest BCUT2D eigenvalue weighted by atomic mass is 32.2. The summed E-state index contributed by atoms with van der Waals surface area (Å²) >= 11 is -1.66. The Balaban J connectivity index is 3.50. The van der Waals surface area contributed by atoms with Gasteiger partial charge in [0, 0.05) is 0 Å². The molecule has 0 saturated carbocycles. The molecule has 0 bridgehead atoms. The van der Waals surface area contributed by atoms with Gasteiger partial charge in [-0.25, -0.2) is 4.21 Å². The van der Waals surface area contributed by atoms with Crippen LogP contribution in [0.2, 0.25) is 0 Å². The van der Waals surface area contributed by atoms with Crippen LogP contribution in [-0.2, 0) is 11.1 Å². The molecular formula is C6H12O2S. The predicted molar refractivity (Wildman–Crippen MR) is 39.7 cm³/mol. The minimum Gasteiger partial charge on any atom is -0.306 e. The monoisotopic (exact) mass is 148 g/mol. The molecule has 0 aromatic rings. The molecular weight excluding hydrogens is 136 g/mol. The second-order valence-electron chi connectivity index (χ2n) is 1.89. The van der Waals surface area contributed by atoms with Gasteiger partial charge in [-0.05, 0) is 20.3 Å². The fourth-order valence-corrected chi connectivity index (χ4v) is 0.686. The third-order valence-corrected chi connectivity index (χ3v) is 1.93. The summed E-state index contributed by atoms with van der Waals surface area (Å²) in [6.07, 6.45) is 4.45. The van der Waals surface area contributed by atoms with Gasteiger partial charge in [0.25, 0.3) is 0 Å². The maximum Gasteiger partial charge on any atom is 0.156 e. The van der Waals surface area contributed by atoms with Crippen molar-refractivity contribution in [1.29, 1.82) is 0 Å². The van der Waals surface area contributed by atoms with Crippen molar-refractivity contribution >= 4 is 11.1 Å². The second kappa shape index (κ2) is 4.70. The molecule has 0 aliphatic carbocycles. The third kappa shape index (κ3) is 4.36. The predicted octanol–water partition coefficient (Wildman–Crippen LogP) is 1.56. The largest absolute Gasteiger partial charge is 0.306 e. The van der Waals surface area contributed by atoms with Gasteiger partial charge in [0.1, 0.15) is 0 Å². The van der Waals surface area contributed by atoms with E-state index in [9.17, 15) is 4.21 Å². The molecule has 0 fully saturated rings. The first-order chi connectivity index (χ1) is 4.18. The van der Waals surface area contributed by atoms with E-state index in [1.807, 2.05) is 19.1 Å². The highest BCUT2D eigenvalue weighted by Gasteiger charge is 2.03. The highest BCUT2D eigenvalue weighted by molar-refractivity contribution is 7.79. The molecule has 3 heteroatoms. The zero-order chi connectivity index (χ0) is 7.28. The van der Waals surface area contributed by atoms with E-state index >= 15 is 0 Å². The molecule has 2 unspecified atom stereocenters. The van der Waals surface area contributed by atoms with Crippen LogP contribution in [0.5, 0.6) is 0 Å². The topological polar surface area (TPSA) is 37.3 Å². The number of allylic oxidation sites excluding steroid dienone is 2. The zero-order valence-corrected chi connectivity index (χ0v) is 6.52. The lowest BCUT2D eigenvalue weighted by Gasteiger charge is -1.99. The van der Waals surface area contributed by atoms with E-state index in [1.165, 1.54) is 0 Å². The van der Waals surface area contributed by atoms with E-state index < -0.39 is 11.1 Å². The summed E-state index contributed by atoms with van der Waals surface area (Å²) in [6.45, 7) is 3.64. The Morgan fingerprint density at radius 2 is 2.33 bits per heavy atom. The van der Waals surface area contributed by atoms with E-state index in [0.717, 1.165) is 0 Å². The van der Waals surface area contributed by atoms with Crippen molar-refractivity contribution in [2.45, 2.75) is 25.5 Å². The SMILES string of the molecule is CC=CCC(C)S(=O)O. The summed E-state index contributed by atoms with van der Waals surface area (Å²) in [6, 6.07) is 0. The van der Waals surface area contributed by atoms with Gasteiger partial charge < -0.3 is 4.55 Å². The lowest BCUT2D eigenvalue weighted by molar-refractivity contribution is 0.551. The second-order valence-corrected chi connectivity index (χ2v) is 3.25. The summed E-state index contributed by atoms with van der Waals surface area (Å²) in [5.41, 5.74) is 0. The van der Waals surface area contributed by atoms with Crippen LogP contribution < -0.4 is 0 Å².